The molecule has 1 aliphatic carbocycles. The summed E-state index contributed by atoms with van der Waals surface area (Å²) in [5, 5.41) is 0. The first-order chi connectivity index (χ1) is 10.2. The Morgan fingerprint density at radius 3 is 2.14 bits per heavy atom. The van der Waals surface area contributed by atoms with Gasteiger partial charge in [0.15, 0.2) is 0 Å². The zero-order valence-electron chi connectivity index (χ0n) is 12.9. The summed E-state index contributed by atoms with van der Waals surface area (Å²) in [5.41, 5.74) is 7.52. The number of fused-ring (bicyclic) bond motifs is 1. The number of benzene rings is 2. The number of rotatable bonds is 4. The number of hydrogen-bond acceptors (Lipinski definition) is 0. The van der Waals surface area contributed by atoms with Crippen LogP contribution in [-0.4, -0.2) is 0 Å². The third-order valence-corrected chi connectivity index (χ3v) is 6.08. The molecule has 0 saturated carbocycles. The monoisotopic (exact) mass is 342 g/mol. The molecule has 1 unspecified atom stereocenters. The fourth-order valence-electron chi connectivity index (χ4n) is 3.56. The molecule has 0 saturated heterocycles. The minimum absolute atomic E-state index is 0.459. The van der Waals surface area contributed by atoms with Crippen LogP contribution in [0, 0.1) is 5.92 Å². The molecule has 0 amide bonds. The quantitative estimate of drug-likeness (QED) is 0.628. The molecule has 0 heterocycles. The first kappa shape index (κ1) is 14.8. The Bertz CT molecular complexity index is 604. The SMILES string of the molecule is CCc1ccc(C(Br)C2Cc3ccccc3C2)cc1CC. The van der Waals surface area contributed by atoms with Crippen LogP contribution in [0.1, 0.15) is 46.5 Å². The van der Waals surface area contributed by atoms with E-state index in [1.54, 1.807) is 0 Å². The molecule has 0 aromatic heterocycles. The van der Waals surface area contributed by atoms with Gasteiger partial charge >= 0.3 is 0 Å². The van der Waals surface area contributed by atoms with E-state index in [1.807, 2.05) is 0 Å². The highest BCUT2D eigenvalue weighted by Crippen LogP contribution is 2.40. The van der Waals surface area contributed by atoms with Gasteiger partial charge in [0.2, 0.25) is 0 Å². The third kappa shape index (κ3) is 2.94. The van der Waals surface area contributed by atoms with Crippen LogP contribution >= 0.6 is 15.9 Å². The van der Waals surface area contributed by atoms with Crippen molar-refractivity contribution in [2.45, 2.75) is 44.4 Å². The van der Waals surface area contributed by atoms with E-state index in [-0.39, 0.29) is 0 Å². The van der Waals surface area contributed by atoms with E-state index in [1.165, 1.54) is 40.7 Å². The van der Waals surface area contributed by atoms with Crippen LogP contribution in [-0.2, 0) is 25.7 Å². The maximum Gasteiger partial charge on any atom is 0.0429 e. The van der Waals surface area contributed by atoms with E-state index in [2.05, 4.69) is 72.2 Å². The molecule has 1 heteroatoms. The lowest BCUT2D eigenvalue weighted by molar-refractivity contribution is 0.554. The summed E-state index contributed by atoms with van der Waals surface area (Å²) in [4.78, 5) is 0.459. The molecule has 110 valence electrons. The third-order valence-electron chi connectivity index (χ3n) is 4.81. The van der Waals surface area contributed by atoms with Crippen LogP contribution in [0.4, 0.5) is 0 Å². The van der Waals surface area contributed by atoms with Crippen molar-refractivity contribution in [3.05, 3.63) is 70.3 Å². The standard InChI is InChI=1S/C20H23Br/c1-3-14-9-10-18(11-15(14)4-2)20(21)19-12-16-7-5-6-8-17(16)13-19/h5-11,19-20H,3-4,12-13H2,1-2H3. The predicted molar refractivity (Wildman–Crippen MR) is 94.2 cm³/mol. The zero-order valence-corrected chi connectivity index (χ0v) is 14.5. The molecule has 0 radical (unpaired) electrons. The lowest BCUT2D eigenvalue weighted by Gasteiger charge is -2.19. The molecule has 0 spiro atoms. The molecule has 0 N–H and O–H groups in total. The van der Waals surface area contributed by atoms with E-state index in [9.17, 15) is 0 Å². The van der Waals surface area contributed by atoms with Gasteiger partial charge in [0.1, 0.15) is 0 Å². The first-order valence-electron chi connectivity index (χ1n) is 8.05. The molecular formula is C20H23Br. The molecule has 2 aromatic carbocycles. The summed E-state index contributed by atoms with van der Waals surface area (Å²) < 4.78 is 0. The van der Waals surface area contributed by atoms with Crippen molar-refractivity contribution in [3.63, 3.8) is 0 Å². The molecule has 0 bridgehead atoms. The maximum atomic E-state index is 3.98. The highest BCUT2D eigenvalue weighted by Gasteiger charge is 2.28. The summed E-state index contributed by atoms with van der Waals surface area (Å²) in [6.45, 7) is 4.50. The molecule has 0 aliphatic heterocycles. The van der Waals surface area contributed by atoms with Crippen LogP contribution in [0.25, 0.3) is 0 Å². The molecule has 0 fully saturated rings. The van der Waals surface area contributed by atoms with Gasteiger partial charge in [-0.2, -0.15) is 0 Å². The van der Waals surface area contributed by atoms with Gasteiger partial charge in [0.05, 0.1) is 0 Å². The van der Waals surface area contributed by atoms with Crippen molar-refractivity contribution in [3.8, 4) is 0 Å². The molecule has 1 aliphatic rings. The highest BCUT2D eigenvalue weighted by atomic mass is 79.9. The molecular weight excluding hydrogens is 320 g/mol. The zero-order chi connectivity index (χ0) is 14.8. The van der Waals surface area contributed by atoms with Crippen molar-refractivity contribution in [2.24, 2.45) is 5.92 Å². The van der Waals surface area contributed by atoms with Crippen LogP contribution in [0.5, 0.6) is 0 Å². The fourth-order valence-corrected chi connectivity index (χ4v) is 4.22. The van der Waals surface area contributed by atoms with Gasteiger partial charge in [-0.05, 0) is 59.4 Å². The average molecular weight is 343 g/mol. The molecule has 0 nitrogen and oxygen atoms in total. The largest absolute Gasteiger partial charge is 0.0835 e. The Morgan fingerprint density at radius 1 is 0.952 bits per heavy atom. The summed E-state index contributed by atoms with van der Waals surface area (Å²) >= 11 is 3.98. The van der Waals surface area contributed by atoms with E-state index >= 15 is 0 Å². The highest BCUT2D eigenvalue weighted by molar-refractivity contribution is 9.09. The normalized spacial score (nSPS) is 16.0. The molecule has 1 atom stereocenters. The second-order valence-corrected chi connectivity index (χ2v) is 7.06. The van der Waals surface area contributed by atoms with Crippen LogP contribution in [0.3, 0.4) is 0 Å². The van der Waals surface area contributed by atoms with Gasteiger partial charge in [-0.1, -0.05) is 72.2 Å². The predicted octanol–water partition coefficient (Wildman–Crippen LogP) is 5.66. The Morgan fingerprint density at radius 2 is 1.57 bits per heavy atom. The Kier molecular flexibility index (Phi) is 4.49. The molecule has 2 aromatic rings. The maximum absolute atomic E-state index is 3.98. The van der Waals surface area contributed by atoms with Gasteiger partial charge in [-0.25, -0.2) is 0 Å². The van der Waals surface area contributed by atoms with Crippen LogP contribution in [0.15, 0.2) is 42.5 Å². The van der Waals surface area contributed by atoms with Crippen LogP contribution in [0.2, 0.25) is 0 Å². The first-order valence-corrected chi connectivity index (χ1v) is 8.97. The smallest absolute Gasteiger partial charge is 0.0429 e. The lowest BCUT2D eigenvalue weighted by Crippen LogP contribution is -2.08. The lowest BCUT2D eigenvalue weighted by atomic mass is 9.92. The minimum Gasteiger partial charge on any atom is -0.0835 e. The van der Waals surface area contributed by atoms with E-state index in [0.717, 1.165) is 12.8 Å². The van der Waals surface area contributed by atoms with Crippen molar-refractivity contribution in [1.82, 2.24) is 0 Å². The second kappa shape index (κ2) is 6.36. The Balaban J connectivity index is 1.82. The van der Waals surface area contributed by atoms with Crippen molar-refractivity contribution in [2.75, 3.05) is 0 Å². The average Bonchev–Trinajstić information content (AvgIpc) is 2.97. The second-order valence-electron chi connectivity index (χ2n) is 6.07. The van der Waals surface area contributed by atoms with E-state index < -0.39 is 0 Å². The fraction of sp³-hybridized carbons (Fsp3) is 0.400. The van der Waals surface area contributed by atoms with Crippen molar-refractivity contribution >= 4 is 15.9 Å². The minimum atomic E-state index is 0.459. The van der Waals surface area contributed by atoms with Gasteiger partial charge in [0, 0.05) is 4.83 Å². The number of hydrogen-bond donors (Lipinski definition) is 0. The van der Waals surface area contributed by atoms with E-state index in [4.69, 9.17) is 0 Å². The Hall–Kier alpha value is -1.08. The molecule has 3 rings (SSSR count). The van der Waals surface area contributed by atoms with Crippen molar-refractivity contribution in [1.29, 1.82) is 0 Å². The van der Waals surface area contributed by atoms with Crippen LogP contribution < -0.4 is 0 Å². The number of halogens is 1. The van der Waals surface area contributed by atoms with Gasteiger partial charge in [0.25, 0.3) is 0 Å². The topological polar surface area (TPSA) is 0 Å². The molecule has 21 heavy (non-hydrogen) atoms. The van der Waals surface area contributed by atoms with Crippen molar-refractivity contribution < 1.29 is 0 Å². The van der Waals surface area contributed by atoms with E-state index in [0.29, 0.717) is 10.7 Å². The van der Waals surface area contributed by atoms with Gasteiger partial charge in [-0.15, -0.1) is 0 Å². The Labute approximate surface area is 136 Å². The number of alkyl halides is 1. The summed E-state index contributed by atoms with van der Waals surface area (Å²) in [5.74, 6) is 0.680. The van der Waals surface area contributed by atoms with Gasteiger partial charge in [-0.3, -0.25) is 0 Å². The summed E-state index contributed by atoms with van der Waals surface area (Å²) in [7, 11) is 0. The number of aryl methyl sites for hydroxylation is 2. The summed E-state index contributed by atoms with van der Waals surface area (Å²) in [6, 6.07) is 16.0. The van der Waals surface area contributed by atoms with Gasteiger partial charge < -0.3 is 0 Å². The summed E-state index contributed by atoms with van der Waals surface area (Å²) in [6.07, 6.45) is 4.65.